The fourth-order valence-electron chi connectivity index (χ4n) is 1.22. The Morgan fingerprint density at radius 1 is 1.40 bits per heavy atom. The molecule has 0 fully saturated rings. The summed E-state index contributed by atoms with van der Waals surface area (Å²) in [7, 11) is 0. The number of rotatable bonds is 2. The van der Waals surface area contributed by atoms with E-state index in [0.29, 0.717) is 11.3 Å². The molecule has 2 rings (SSSR count). The first-order chi connectivity index (χ1) is 6.79. The third-order valence-electron chi connectivity index (χ3n) is 1.84. The molecule has 1 aromatic carbocycles. The summed E-state index contributed by atoms with van der Waals surface area (Å²) in [6.45, 7) is 0. The molecule has 15 heavy (non-hydrogen) atoms. The van der Waals surface area contributed by atoms with Gasteiger partial charge >= 0.3 is 0 Å². The summed E-state index contributed by atoms with van der Waals surface area (Å²) in [6, 6.07) is 6.49. The second-order valence-electron chi connectivity index (χ2n) is 2.68. The van der Waals surface area contributed by atoms with Gasteiger partial charge in [0, 0.05) is 32.7 Å². The van der Waals surface area contributed by atoms with Crippen molar-refractivity contribution in [3.8, 4) is 11.3 Å². The fraction of sp³-hybridized carbons (Fsp3) is 0. The molecule has 1 N–H and O–H groups in total. The normalized spacial score (nSPS) is 9.33. The van der Waals surface area contributed by atoms with Crippen LogP contribution in [0.5, 0.6) is 0 Å². The molecule has 0 saturated carbocycles. The minimum absolute atomic E-state index is 0. The number of para-hydroxylation sites is 1. The maximum atomic E-state index is 10.7. The molecule has 0 spiro atoms. The third kappa shape index (κ3) is 2.30. The zero-order valence-corrected chi connectivity index (χ0v) is 10.4. The first-order valence-electron chi connectivity index (χ1n) is 3.94. The predicted molar refractivity (Wildman–Crippen MR) is 49.5 cm³/mol. The molecule has 0 aliphatic heterocycles. The molecule has 6 heteroatoms. The second kappa shape index (κ2) is 4.84. The Labute approximate surface area is 100.0 Å². The molecule has 0 saturated heterocycles. The van der Waals surface area contributed by atoms with Crippen molar-refractivity contribution >= 4 is 5.69 Å². The molecule has 0 unspecified atom stereocenters. The van der Waals surface area contributed by atoms with E-state index in [0.717, 1.165) is 0 Å². The van der Waals surface area contributed by atoms with Gasteiger partial charge in [0.05, 0.1) is 4.92 Å². The molecule has 2 aromatic rings. The van der Waals surface area contributed by atoms with E-state index >= 15 is 0 Å². The Kier molecular flexibility index (Phi) is 3.74. The Balaban J connectivity index is 0.00000112. The first-order valence-corrected chi connectivity index (χ1v) is 3.94. The van der Waals surface area contributed by atoms with Gasteiger partial charge in [0.1, 0.15) is 0 Å². The number of aromatic amines is 1. The number of nitro groups is 1. The van der Waals surface area contributed by atoms with E-state index in [1.54, 1.807) is 18.2 Å². The SMILES string of the molecule is O=[N+]([O-])c1ccccc1-c1cn[c-][nH]1.[W]. The number of aromatic nitrogens is 2. The van der Waals surface area contributed by atoms with Gasteiger partial charge in [-0.05, 0) is 6.33 Å². The molecule has 1 aromatic heterocycles. The minimum atomic E-state index is -0.420. The Morgan fingerprint density at radius 2 is 2.13 bits per heavy atom. The summed E-state index contributed by atoms with van der Waals surface area (Å²) >= 11 is 0. The van der Waals surface area contributed by atoms with Crippen molar-refractivity contribution in [3.05, 3.63) is 46.9 Å². The molecular formula is C9H6N3O2W-. The van der Waals surface area contributed by atoms with Crippen LogP contribution in [0.2, 0.25) is 0 Å². The number of hydrogen-bond donors (Lipinski definition) is 1. The van der Waals surface area contributed by atoms with E-state index in [-0.39, 0.29) is 26.8 Å². The summed E-state index contributed by atoms with van der Waals surface area (Å²) in [5, 5.41) is 10.7. The quantitative estimate of drug-likeness (QED) is 0.497. The Bertz CT molecular complexity index is 456. The zero-order valence-electron chi connectivity index (χ0n) is 7.51. The number of benzene rings is 1. The largest absolute Gasteiger partial charge is 0.460 e. The van der Waals surface area contributed by atoms with E-state index in [9.17, 15) is 10.1 Å². The van der Waals surface area contributed by atoms with Gasteiger partial charge in [-0.3, -0.25) is 10.1 Å². The summed E-state index contributed by atoms with van der Waals surface area (Å²) in [4.78, 5) is 16.7. The molecule has 0 bridgehead atoms. The molecule has 0 aliphatic carbocycles. The maximum Gasteiger partial charge on any atom is 0.265 e. The van der Waals surface area contributed by atoms with Crippen molar-refractivity contribution in [2.45, 2.75) is 0 Å². The van der Waals surface area contributed by atoms with Crippen LogP contribution in [0.1, 0.15) is 0 Å². The summed E-state index contributed by atoms with van der Waals surface area (Å²) < 4.78 is 0. The average molecular weight is 372 g/mol. The molecule has 5 nitrogen and oxygen atoms in total. The van der Waals surface area contributed by atoms with E-state index in [4.69, 9.17) is 0 Å². The molecule has 1 heterocycles. The van der Waals surface area contributed by atoms with Gasteiger partial charge in [-0.25, -0.2) is 0 Å². The van der Waals surface area contributed by atoms with Crippen LogP contribution >= 0.6 is 0 Å². The van der Waals surface area contributed by atoms with Gasteiger partial charge < -0.3 is 9.97 Å². The van der Waals surface area contributed by atoms with Crippen molar-refractivity contribution in [3.63, 3.8) is 0 Å². The van der Waals surface area contributed by atoms with E-state index < -0.39 is 4.92 Å². The molecule has 0 aliphatic rings. The number of nitrogens with one attached hydrogen (secondary N) is 1. The second-order valence-corrected chi connectivity index (χ2v) is 2.68. The van der Waals surface area contributed by atoms with Crippen molar-refractivity contribution in [1.29, 1.82) is 0 Å². The van der Waals surface area contributed by atoms with Crippen LogP contribution in [0.4, 0.5) is 5.69 Å². The van der Waals surface area contributed by atoms with Gasteiger partial charge in [0.25, 0.3) is 5.69 Å². The van der Waals surface area contributed by atoms with Crippen molar-refractivity contribution in [2.24, 2.45) is 0 Å². The van der Waals surface area contributed by atoms with Crippen molar-refractivity contribution < 1.29 is 26.0 Å². The first kappa shape index (κ1) is 11.6. The van der Waals surface area contributed by atoms with Crippen LogP contribution in [0, 0.1) is 16.4 Å². The number of nitrogens with zero attached hydrogens (tertiary/aromatic N) is 2. The van der Waals surface area contributed by atoms with Crippen molar-refractivity contribution in [2.75, 3.05) is 0 Å². The summed E-state index contributed by atoms with van der Waals surface area (Å²) in [6.07, 6.45) is 4.00. The molecule has 76 valence electrons. The standard InChI is InChI=1S/C9H6N3O2.W/c13-12(14)9-4-2-1-3-7(9)8-5-10-6-11-8;/h1-5H,(H,10,11);/q-1;. The van der Waals surface area contributed by atoms with Crippen LogP contribution in [0.25, 0.3) is 11.3 Å². The molecule has 0 atom stereocenters. The number of H-pyrrole nitrogens is 1. The van der Waals surface area contributed by atoms with Crippen LogP contribution in [-0.4, -0.2) is 14.9 Å². The van der Waals surface area contributed by atoms with Gasteiger partial charge in [0.2, 0.25) is 0 Å². The molecular weight excluding hydrogens is 366 g/mol. The van der Waals surface area contributed by atoms with E-state index in [2.05, 4.69) is 16.3 Å². The number of nitro benzene ring substituents is 1. The predicted octanol–water partition coefficient (Wildman–Crippen LogP) is 1.78. The van der Waals surface area contributed by atoms with Gasteiger partial charge in [-0.15, -0.1) is 6.20 Å². The monoisotopic (exact) mass is 372 g/mol. The number of hydrogen-bond acceptors (Lipinski definition) is 3. The number of imidazole rings is 1. The van der Waals surface area contributed by atoms with Gasteiger partial charge in [-0.1, -0.05) is 23.9 Å². The fourth-order valence-corrected chi connectivity index (χ4v) is 1.22. The van der Waals surface area contributed by atoms with Gasteiger partial charge in [0.15, 0.2) is 0 Å². The van der Waals surface area contributed by atoms with Crippen LogP contribution in [-0.2, 0) is 21.1 Å². The van der Waals surface area contributed by atoms with Crippen LogP contribution in [0.15, 0.2) is 30.5 Å². The smallest absolute Gasteiger partial charge is 0.265 e. The maximum absolute atomic E-state index is 10.7. The van der Waals surface area contributed by atoms with Crippen LogP contribution < -0.4 is 0 Å². The molecule has 0 radical (unpaired) electrons. The van der Waals surface area contributed by atoms with Gasteiger partial charge in [-0.2, -0.15) is 0 Å². The third-order valence-corrected chi connectivity index (χ3v) is 1.84. The minimum Gasteiger partial charge on any atom is -0.460 e. The Morgan fingerprint density at radius 3 is 2.73 bits per heavy atom. The van der Waals surface area contributed by atoms with Crippen molar-refractivity contribution in [1.82, 2.24) is 9.97 Å². The van der Waals surface area contributed by atoms with E-state index in [1.807, 2.05) is 0 Å². The average Bonchev–Trinajstić information content (AvgIpc) is 2.70. The van der Waals surface area contributed by atoms with Crippen LogP contribution in [0.3, 0.4) is 0 Å². The van der Waals surface area contributed by atoms with E-state index in [1.165, 1.54) is 12.3 Å². The molecule has 0 amide bonds. The Hall–Kier alpha value is -1.48. The zero-order chi connectivity index (χ0) is 9.97. The summed E-state index contributed by atoms with van der Waals surface area (Å²) in [5.74, 6) is 0. The summed E-state index contributed by atoms with van der Waals surface area (Å²) in [5.41, 5.74) is 1.17. The topological polar surface area (TPSA) is 71.8 Å².